The van der Waals surface area contributed by atoms with Crippen LogP contribution in [0.4, 0.5) is 0 Å². The highest BCUT2D eigenvalue weighted by Gasteiger charge is 2.29. The lowest BCUT2D eigenvalue weighted by Gasteiger charge is -2.36. The van der Waals surface area contributed by atoms with Crippen LogP contribution in [0.15, 0.2) is 22.7 Å². The van der Waals surface area contributed by atoms with Gasteiger partial charge in [0.05, 0.1) is 4.47 Å². The lowest BCUT2D eigenvalue weighted by atomic mass is 10.0. The number of carbonyl (C=O) groups excluding carboxylic acids is 1. The minimum Gasteiger partial charge on any atom is -0.480 e. The second-order valence-corrected chi connectivity index (χ2v) is 7.06. The van der Waals surface area contributed by atoms with Crippen molar-refractivity contribution in [3.05, 3.63) is 28.2 Å². The lowest BCUT2D eigenvalue weighted by molar-refractivity contribution is -0.141. The fourth-order valence-corrected chi connectivity index (χ4v) is 3.59. The number of ether oxygens (including phenoxy) is 1. The van der Waals surface area contributed by atoms with E-state index in [2.05, 4.69) is 28.2 Å². The van der Waals surface area contributed by atoms with Gasteiger partial charge in [0.25, 0.3) is 5.91 Å². The zero-order valence-corrected chi connectivity index (χ0v) is 17.1. The molecule has 1 atom stereocenters. The monoisotopic (exact) mass is 418 g/mol. The molecule has 6 heteroatoms. The van der Waals surface area contributed by atoms with E-state index in [1.807, 2.05) is 36.9 Å². The summed E-state index contributed by atoms with van der Waals surface area (Å²) in [5.41, 5.74) is 1.16. The highest BCUT2D eigenvalue weighted by molar-refractivity contribution is 9.10. The van der Waals surface area contributed by atoms with Crippen LogP contribution in [0.3, 0.4) is 0 Å². The van der Waals surface area contributed by atoms with E-state index < -0.39 is 6.10 Å². The molecule has 1 aromatic carbocycles. The third kappa shape index (κ3) is 5.64. The topological polar surface area (TPSA) is 41.6 Å². The van der Waals surface area contributed by atoms with E-state index in [0.29, 0.717) is 6.04 Å². The van der Waals surface area contributed by atoms with Crippen molar-refractivity contribution in [2.45, 2.75) is 52.2 Å². The highest BCUT2D eigenvalue weighted by atomic mass is 79.9. The maximum absolute atomic E-state index is 12.9. The smallest absolute Gasteiger partial charge is 0.263 e. The lowest BCUT2D eigenvalue weighted by Crippen LogP contribution is -2.50. The predicted molar refractivity (Wildman–Crippen MR) is 104 cm³/mol. The number of nitrogens with zero attached hydrogens (tertiary/aromatic N) is 1. The Kier molecular flexibility index (Phi) is 9.09. The average molecular weight is 420 g/mol. The molecule has 1 heterocycles. The van der Waals surface area contributed by atoms with E-state index in [4.69, 9.17) is 4.74 Å². The quantitative estimate of drug-likeness (QED) is 0.759. The van der Waals surface area contributed by atoms with Gasteiger partial charge in [0, 0.05) is 12.6 Å². The minimum atomic E-state index is -0.476. The Hall–Kier alpha value is -0.780. The summed E-state index contributed by atoms with van der Waals surface area (Å²) in [6, 6.07) is 6.24. The predicted octanol–water partition coefficient (Wildman–Crippen LogP) is 3.94. The Morgan fingerprint density at radius 3 is 2.67 bits per heavy atom. The summed E-state index contributed by atoms with van der Waals surface area (Å²) < 4.78 is 6.82. The number of benzene rings is 1. The molecular formula is C18H28BrClN2O2. The van der Waals surface area contributed by atoms with Crippen LogP contribution in [0.1, 0.15) is 38.7 Å². The first-order valence-electron chi connectivity index (χ1n) is 8.47. The molecule has 1 N–H and O–H groups in total. The van der Waals surface area contributed by atoms with Gasteiger partial charge in [0.15, 0.2) is 6.10 Å². The number of piperidine rings is 1. The average Bonchev–Trinajstić information content (AvgIpc) is 2.55. The van der Waals surface area contributed by atoms with Gasteiger partial charge in [-0.15, -0.1) is 12.4 Å². The van der Waals surface area contributed by atoms with Gasteiger partial charge < -0.3 is 15.0 Å². The molecule has 1 unspecified atom stereocenters. The van der Waals surface area contributed by atoms with Crippen LogP contribution in [0.25, 0.3) is 0 Å². The second kappa shape index (κ2) is 10.3. The molecule has 2 rings (SSSR count). The van der Waals surface area contributed by atoms with Crippen molar-refractivity contribution >= 4 is 34.2 Å². The van der Waals surface area contributed by atoms with Crippen LogP contribution >= 0.6 is 28.3 Å². The molecule has 0 aromatic heterocycles. The first kappa shape index (κ1) is 21.3. The zero-order valence-electron chi connectivity index (χ0n) is 14.7. The SMILES string of the molecule is CCCN(C(=O)C(C)Oc1ccc(C)cc1Br)C1CCNCC1.Cl. The van der Waals surface area contributed by atoms with E-state index >= 15 is 0 Å². The summed E-state index contributed by atoms with van der Waals surface area (Å²) >= 11 is 3.51. The van der Waals surface area contributed by atoms with Crippen LogP contribution in [0.5, 0.6) is 5.75 Å². The Labute approximate surface area is 159 Å². The van der Waals surface area contributed by atoms with Crippen LogP contribution in [-0.4, -0.2) is 42.6 Å². The van der Waals surface area contributed by atoms with Crippen LogP contribution in [0.2, 0.25) is 0 Å². The Morgan fingerprint density at radius 1 is 1.42 bits per heavy atom. The number of aryl methyl sites for hydroxylation is 1. The Bertz CT molecular complexity index is 536. The summed E-state index contributed by atoms with van der Waals surface area (Å²) in [7, 11) is 0. The zero-order chi connectivity index (χ0) is 16.8. The van der Waals surface area contributed by atoms with Crippen LogP contribution in [-0.2, 0) is 4.79 Å². The molecule has 4 nitrogen and oxygen atoms in total. The molecule has 136 valence electrons. The van der Waals surface area contributed by atoms with Gasteiger partial charge in [0.1, 0.15) is 5.75 Å². The van der Waals surface area contributed by atoms with Gasteiger partial charge in [-0.3, -0.25) is 4.79 Å². The van der Waals surface area contributed by atoms with Crippen LogP contribution in [0, 0.1) is 6.92 Å². The number of amides is 1. The number of rotatable bonds is 6. The molecule has 0 saturated carbocycles. The summed E-state index contributed by atoms with van der Waals surface area (Å²) in [6.45, 7) is 8.76. The Morgan fingerprint density at radius 2 is 2.08 bits per heavy atom. The van der Waals surface area contributed by atoms with Crippen LogP contribution < -0.4 is 10.1 Å². The minimum absolute atomic E-state index is 0. The first-order chi connectivity index (χ1) is 11.0. The van der Waals surface area contributed by atoms with Gasteiger partial charge in [-0.2, -0.15) is 0 Å². The summed E-state index contributed by atoms with van der Waals surface area (Å²) in [5, 5.41) is 3.36. The molecule has 1 aromatic rings. The van der Waals surface area contributed by atoms with E-state index in [-0.39, 0.29) is 18.3 Å². The highest BCUT2D eigenvalue weighted by Crippen LogP contribution is 2.27. The van der Waals surface area contributed by atoms with Gasteiger partial charge in [-0.1, -0.05) is 13.0 Å². The number of hydrogen-bond donors (Lipinski definition) is 1. The molecule has 1 fully saturated rings. The molecule has 0 bridgehead atoms. The molecular weight excluding hydrogens is 392 g/mol. The van der Waals surface area contributed by atoms with Crippen molar-refractivity contribution in [3.8, 4) is 5.75 Å². The fourth-order valence-electron chi connectivity index (χ4n) is 3.01. The number of carbonyl (C=O) groups is 1. The van der Waals surface area contributed by atoms with E-state index in [1.54, 1.807) is 0 Å². The summed E-state index contributed by atoms with van der Waals surface area (Å²) in [6.07, 6.45) is 2.53. The van der Waals surface area contributed by atoms with Gasteiger partial charge in [-0.25, -0.2) is 0 Å². The van der Waals surface area contributed by atoms with Gasteiger partial charge in [-0.05, 0) is 79.8 Å². The van der Waals surface area contributed by atoms with E-state index in [9.17, 15) is 4.79 Å². The number of hydrogen-bond acceptors (Lipinski definition) is 3. The summed E-state index contributed by atoms with van der Waals surface area (Å²) in [5.74, 6) is 0.810. The van der Waals surface area contributed by atoms with Crippen molar-refractivity contribution in [2.75, 3.05) is 19.6 Å². The molecule has 1 aliphatic rings. The van der Waals surface area contributed by atoms with Crippen molar-refractivity contribution in [2.24, 2.45) is 0 Å². The maximum atomic E-state index is 12.9. The third-order valence-electron chi connectivity index (χ3n) is 4.24. The molecule has 0 spiro atoms. The molecule has 1 amide bonds. The van der Waals surface area contributed by atoms with Crippen molar-refractivity contribution in [1.82, 2.24) is 10.2 Å². The van der Waals surface area contributed by atoms with Crippen molar-refractivity contribution in [3.63, 3.8) is 0 Å². The summed E-state index contributed by atoms with van der Waals surface area (Å²) in [4.78, 5) is 14.9. The molecule has 1 aliphatic heterocycles. The van der Waals surface area contributed by atoms with E-state index in [0.717, 1.165) is 54.7 Å². The first-order valence-corrected chi connectivity index (χ1v) is 9.26. The normalized spacial score (nSPS) is 16.2. The standard InChI is InChI=1S/C18H27BrN2O2.ClH/c1-4-11-21(15-7-9-20-10-8-15)18(22)14(3)23-17-6-5-13(2)12-16(17)19;/h5-6,12,14-15,20H,4,7-11H2,1-3H3;1H. The number of halogens is 2. The van der Waals surface area contributed by atoms with Crippen molar-refractivity contribution in [1.29, 1.82) is 0 Å². The number of nitrogens with one attached hydrogen (secondary N) is 1. The van der Waals surface area contributed by atoms with Gasteiger partial charge >= 0.3 is 0 Å². The molecule has 24 heavy (non-hydrogen) atoms. The largest absolute Gasteiger partial charge is 0.480 e. The molecule has 0 radical (unpaired) electrons. The maximum Gasteiger partial charge on any atom is 0.263 e. The molecule has 0 aliphatic carbocycles. The van der Waals surface area contributed by atoms with Crippen molar-refractivity contribution < 1.29 is 9.53 Å². The fraction of sp³-hybridized carbons (Fsp3) is 0.611. The third-order valence-corrected chi connectivity index (χ3v) is 4.86. The second-order valence-electron chi connectivity index (χ2n) is 6.21. The van der Waals surface area contributed by atoms with E-state index in [1.165, 1.54) is 0 Å². The van der Waals surface area contributed by atoms with Gasteiger partial charge in [0.2, 0.25) is 0 Å². The Balaban J connectivity index is 0.00000288. The molecule has 1 saturated heterocycles.